The van der Waals surface area contributed by atoms with Gasteiger partial charge in [-0.15, -0.1) is 0 Å². The molecule has 1 N–H and O–H groups in total. The number of nitrogens with zero attached hydrogens (tertiary/aromatic N) is 2. The molecule has 8 heteroatoms. The second kappa shape index (κ2) is 6.62. The Morgan fingerprint density at radius 3 is 2.78 bits per heavy atom. The molecule has 7 nitrogen and oxygen atoms in total. The van der Waals surface area contributed by atoms with E-state index in [9.17, 15) is 14.9 Å². The molecule has 1 aliphatic heterocycles. The number of hydrogen-bond acceptors (Lipinski definition) is 5. The topological polar surface area (TPSA) is 84.7 Å². The normalized spacial score (nSPS) is 17.9. The molecule has 2 rings (SSSR count). The molecule has 1 saturated heterocycles. The van der Waals surface area contributed by atoms with E-state index in [-0.39, 0.29) is 11.7 Å². The molecule has 1 heterocycles. The lowest BCUT2D eigenvalue weighted by atomic mass is 10.2. The van der Waals surface area contributed by atoms with Crippen LogP contribution in [0.2, 0.25) is 5.02 Å². The number of nitro benzene ring substituents is 1. The molecule has 23 heavy (non-hydrogen) atoms. The van der Waals surface area contributed by atoms with Gasteiger partial charge in [-0.25, -0.2) is 4.79 Å². The van der Waals surface area contributed by atoms with Gasteiger partial charge < -0.3 is 15.0 Å². The smallest absolute Gasteiger partial charge is 0.407 e. The summed E-state index contributed by atoms with van der Waals surface area (Å²) in [6.07, 6.45) is 0.217. The first-order valence-corrected chi connectivity index (χ1v) is 7.72. The van der Waals surface area contributed by atoms with Crippen molar-refractivity contribution in [2.75, 3.05) is 18.0 Å². The third-order valence-corrected chi connectivity index (χ3v) is 3.62. The standard InChI is InChI=1S/C15H20ClN3O4/c1-15(2,3)23-14(20)17-11-6-7-18(9-11)12-5-4-10(16)8-13(12)19(21)22/h4-5,8,11H,6-7,9H2,1-3H3,(H,17,20)/t11-/m1/s1. The Hall–Kier alpha value is -2.02. The van der Waals surface area contributed by atoms with E-state index in [1.165, 1.54) is 6.07 Å². The van der Waals surface area contributed by atoms with Gasteiger partial charge in [0.15, 0.2) is 0 Å². The summed E-state index contributed by atoms with van der Waals surface area (Å²) < 4.78 is 5.22. The van der Waals surface area contributed by atoms with Crippen LogP contribution in [0.4, 0.5) is 16.2 Å². The highest BCUT2D eigenvalue weighted by Gasteiger charge is 2.29. The maximum Gasteiger partial charge on any atom is 0.407 e. The van der Waals surface area contributed by atoms with E-state index in [1.54, 1.807) is 32.9 Å². The minimum Gasteiger partial charge on any atom is -0.444 e. The van der Waals surface area contributed by atoms with E-state index in [2.05, 4.69) is 5.32 Å². The SMILES string of the molecule is CC(C)(C)OC(=O)N[C@@H]1CCN(c2ccc(Cl)cc2[N+](=O)[O-])C1. The predicted molar refractivity (Wildman–Crippen MR) is 88.1 cm³/mol. The van der Waals surface area contributed by atoms with Gasteiger partial charge in [0.2, 0.25) is 0 Å². The minimum atomic E-state index is -0.558. The Morgan fingerprint density at radius 1 is 1.48 bits per heavy atom. The summed E-state index contributed by atoms with van der Waals surface area (Å²) in [5, 5.41) is 14.3. The summed E-state index contributed by atoms with van der Waals surface area (Å²) in [6, 6.07) is 4.49. The Bertz CT molecular complexity index is 615. The highest BCUT2D eigenvalue weighted by atomic mass is 35.5. The maximum atomic E-state index is 11.8. The van der Waals surface area contributed by atoms with Crippen LogP contribution in [0.3, 0.4) is 0 Å². The molecule has 0 saturated carbocycles. The van der Waals surface area contributed by atoms with Crippen molar-refractivity contribution in [1.29, 1.82) is 0 Å². The zero-order chi connectivity index (χ0) is 17.2. The largest absolute Gasteiger partial charge is 0.444 e. The molecule has 0 unspecified atom stereocenters. The van der Waals surface area contributed by atoms with Gasteiger partial charge in [0.1, 0.15) is 11.3 Å². The van der Waals surface area contributed by atoms with Crippen LogP contribution >= 0.6 is 11.6 Å². The lowest BCUT2D eigenvalue weighted by molar-refractivity contribution is -0.384. The second-order valence-corrected chi connectivity index (χ2v) is 6.90. The molecular weight excluding hydrogens is 322 g/mol. The van der Waals surface area contributed by atoms with Crippen LogP contribution in [0.15, 0.2) is 18.2 Å². The highest BCUT2D eigenvalue weighted by molar-refractivity contribution is 6.30. The van der Waals surface area contributed by atoms with E-state index in [1.807, 2.05) is 4.90 Å². The number of amides is 1. The fourth-order valence-corrected chi connectivity index (χ4v) is 2.65. The molecule has 1 aromatic carbocycles. The van der Waals surface area contributed by atoms with E-state index in [4.69, 9.17) is 16.3 Å². The number of nitrogens with one attached hydrogen (secondary N) is 1. The monoisotopic (exact) mass is 341 g/mol. The quantitative estimate of drug-likeness (QED) is 0.673. The van der Waals surface area contributed by atoms with E-state index in [0.717, 1.165) is 0 Å². The lowest BCUT2D eigenvalue weighted by Gasteiger charge is -2.22. The van der Waals surface area contributed by atoms with Crippen LogP contribution in [-0.2, 0) is 4.74 Å². The summed E-state index contributed by atoms with van der Waals surface area (Å²) in [7, 11) is 0. The fourth-order valence-electron chi connectivity index (χ4n) is 2.48. The number of alkyl carbamates (subject to hydrolysis) is 1. The summed E-state index contributed by atoms with van der Waals surface area (Å²) in [4.78, 5) is 24.4. The van der Waals surface area contributed by atoms with Crippen molar-refractivity contribution < 1.29 is 14.5 Å². The van der Waals surface area contributed by atoms with Gasteiger partial charge in [-0.1, -0.05) is 11.6 Å². The first-order valence-electron chi connectivity index (χ1n) is 7.34. The number of ether oxygens (including phenoxy) is 1. The fraction of sp³-hybridized carbons (Fsp3) is 0.533. The number of carbonyl (C=O) groups excluding carboxylic acids is 1. The van der Waals surface area contributed by atoms with E-state index in [0.29, 0.717) is 30.2 Å². The van der Waals surface area contributed by atoms with E-state index < -0.39 is 16.6 Å². The number of nitro groups is 1. The molecule has 1 aromatic rings. The molecule has 1 atom stereocenters. The first kappa shape index (κ1) is 17.3. The third-order valence-electron chi connectivity index (χ3n) is 3.38. The van der Waals surface area contributed by atoms with Crippen molar-refractivity contribution in [3.05, 3.63) is 33.3 Å². The molecule has 1 amide bonds. The Kier molecular flexibility index (Phi) is 4.99. The molecule has 0 bridgehead atoms. The first-order chi connectivity index (χ1) is 10.7. The number of carbonyl (C=O) groups is 1. The average Bonchev–Trinajstić information content (AvgIpc) is 2.84. The van der Waals surface area contributed by atoms with Crippen molar-refractivity contribution in [3.8, 4) is 0 Å². The maximum absolute atomic E-state index is 11.8. The number of benzene rings is 1. The summed E-state index contributed by atoms with van der Waals surface area (Å²) in [6.45, 7) is 6.49. The van der Waals surface area contributed by atoms with Gasteiger partial charge in [0, 0.05) is 24.2 Å². The predicted octanol–water partition coefficient (Wildman–Crippen LogP) is 3.35. The number of anilines is 1. The van der Waals surface area contributed by atoms with Crippen molar-refractivity contribution in [1.82, 2.24) is 5.32 Å². The molecule has 0 aliphatic carbocycles. The summed E-state index contributed by atoms with van der Waals surface area (Å²) >= 11 is 5.83. The Morgan fingerprint density at radius 2 is 2.17 bits per heavy atom. The van der Waals surface area contributed by atoms with Crippen LogP contribution in [0.5, 0.6) is 0 Å². The Balaban J connectivity index is 2.03. The van der Waals surface area contributed by atoms with Crippen LogP contribution in [0, 0.1) is 10.1 Å². The van der Waals surface area contributed by atoms with Gasteiger partial charge in [-0.3, -0.25) is 10.1 Å². The molecule has 0 aromatic heterocycles. The van der Waals surface area contributed by atoms with Gasteiger partial charge in [0.05, 0.1) is 11.0 Å². The van der Waals surface area contributed by atoms with Crippen molar-refractivity contribution >= 4 is 29.1 Å². The van der Waals surface area contributed by atoms with Gasteiger partial charge in [-0.05, 0) is 39.3 Å². The van der Waals surface area contributed by atoms with Gasteiger partial charge in [-0.2, -0.15) is 0 Å². The second-order valence-electron chi connectivity index (χ2n) is 6.47. The molecular formula is C15H20ClN3O4. The zero-order valence-electron chi connectivity index (χ0n) is 13.3. The third kappa shape index (κ3) is 4.72. The summed E-state index contributed by atoms with van der Waals surface area (Å²) in [5.41, 5.74) is -0.0829. The van der Waals surface area contributed by atoms with Crippen molar-refractivity contribution in [2.24, 2.45) is 0 Å². The highest BCUT2D eigenvalue weighted by Crippen LogP contribution is 2.33. The number of rotatable bonds is 3. The van der Waals surface area contributed by atoms with Crippen LogP contribution in [0.1, 0.15) is 27.2 Å². The van der Waals surface area contributed by atoms with E-state index >= 15 is 0 Å². The van der Waals surface area contributed by atoms with Crippen LogP contribution < -0.4 is 10.2 Å². The average molecular weight is 342 g/mol. The molecule has 1 fully saturated rings. The number of hydrogen-bond donors (Lipinski definition) is 1. The van der Waals surface area contributed by atoms with Crippen molar-refractivity contribution in [2.45, 2.75) is 38.8 Å². The van der Waals surface area contributed by atoms with Gasteiger partial charge in [0.25, 0.3) is 5.69 Å². The van der Waals surface area contributed by atoms with Crippen LogP contribution in [0.25, 0.3) is 0 Å². The molecule has 0 spiro atoms. The van der Waals surface area contributed by atoms with Crippen LogP contribution in [-0.4, -0.2) is 35.7 Å². The molecule has 1 aliphatic rings. The Labute approximate surface area is 139 Å². The lowest BCUT2D eigenvalue weighted by Crippen LogP contribution is -2.40. The van der Waals surface area contributed by atoms with Crippen molar-refractivity contribution in [3.63, 3.8) is 0 Å². The zero-order valence-corrected chi connectivity index (χ0v) is 14.1. The summed E-state index contributed by atoms with van der Waals surface area (Å²) in [5.74, 6) is 0. The minimum absolute atomic E-state index is 0.0320. The molecule has 126 valence electrons. The molecule has 0 radical (unpaired) electrons. The number of halogens is 1. The van der Waals surface area contributed by atoms with Gasteiger partial charge >= 0.3 is 6.09 Å².